The van der Waals surface area contributed by atoms with E-state index in [0.717, 1.165) is 42.2 Å². The third-order valence-corrected chi connectivity index (χ3v) is 4.35. The van der Waals surface area contributed by atoms with Crippen LogP contribution < -0.4 is 4.90 Å². The lowest BCUT2D eigenvalue weighted by atomic mass is 10.3. The number of methoxy groups -OCH3 is 1. The van der Waals surface area contributed by atoms with Gasteiger partial charge < -0.3 is 14.5 Å². The Morgan fingerprint density at radius 1 is 1.24 bits per heavy atom. The highest BCUT2D eigenvalue weighted by Crippen LogP contribution is 2.29. The van der Waals surface area contributed by atoms with E-state index in [0.29, 0.717) is 0 Å². The van der Waals surface area contributed by atoms with Crippen LogP contribution in [-0.4, -0.2) is 61.4 Å². The number of nitrogens with zero attached hydrogens (tertiary/aromatic N) is 4. The summed E-state index contributed by atoms with van der Waals surface area (Å²) in [4.78, 5) is 27.8. The van der Waals surface area contributed by atoms with E-state index in [9.17, 15) is 4.79 Å². The summed E-state index contributed by atoms with van der Waals surface area (Å²) in [5.41, 5.74) is 0.777. The predicted molar refractivity (Wildman–Crippen MR) is 79.5 cm³/mol. The van der Waals surface area contributed by atoms with Gasteiger partial charge in [-0.25, -0.2) is 14.8 Å². The Kier molecular flexibility index (Phi) is 4.00. The highest BCUT2D eigenvalue weighted by Gasteiger charge is 2.23. The van der Waals surface area contributed by atoms with Crippen LogP contribution in [0.2, 0.25) is 0 Å². The smallest absolute Gasteiger partial charge is 0.376 e. The minimum absolute atomic E-state index is 0.104. The van der Waals surface area contributed by atoms with E-state index < -0.39 is 5.97 Å². The second kappa shape index (κ2) is 5.92. The largest absolute Gasteiger partial charge is 0.463 e. The Hall–Kier alpha value is -1.77. The molecule has 0 aromatic carbocycles. The normalized spacial score (nSPS) is 16.4. The molecule has 0 aliphatic carbocycles. The molecule has 0 saturated carbocycles. The lowest BCUT2D eigenvalue weighted by Gasteiger charge is -2.34. The fraction of sp³-hybridized carbons (Fsp3) is 0.462. The number of hydroxylamine groups is 2. The minimum Gasteiger partial charge on any atom is -0.463 e. The van der Waals surface area contributed by atoms with Gasteiger partial charge in [0, 0.05) is 26.2 Å². The van der Waals surface area contributed by atoms with Crippen LogP contribution >= 0.6 is 11.3 Å². The van der Waals surface area contributed by atoms with E-state index in [2.05, 4.69) is 14.9 Å². The summed E-state index contributed by atoms with van der Waals surface area (Å²) in [5, 5.41) is 3.86. The number of piperazine rings is 1. The average Bonchev–Trinajstić information content (AvgIpc) is 3.01. The SMILES string of the molecule is COC(=O)c1nc(N2CCN(OC)CC2)c2sccc2n1. The first-order chi connectivity index (χ1) is 10.2. The van der Waals surface area contributed by atoms with E-state index in [1.807, 2.05) is 16.5 Å². The van der Waals surface area contributed by atoms with Crippen molar-refractivity contribution in [3.63, 3.8) is 0 Å². The Morgan fingerprint density at radius 3 is 2.67 bits per heavy atom. The number of aromatic nitrogens is 2. The molecule has 0 spiro atoms. The molecule has 1 aliphatic rings. The maximum Gasteiger partial charge on any atom is 0.376 e. The van der Waals surface area contributed by atoms with Gasteiger partial charge in [-0.15, -0.1) is 11.3 Å². The van der Waals surface area contributed by atoms with Crippen LogP contribution in [0.5, 0.6) is 0 Å². The number of carbonyl (C=O) groups excluding carboxylic acids is 1. The molecule has 2 aromatic heterocycles. The second-order valence-electron chi connectivity index (χ2n) is 4.60. The number of ether oxygens (including phenoxy) is 1. The molecule has 1 aliphatic heterocycles. The van der Waals surface area contributed by atoms with Gasteiger partial charge in [-0.1, -0.05) is 0 Å². The van der Waals surface area contributed by atoms with Crippen LogP contribution in [0.3, 0.4) is 0 Å². The lowest BCUT2D eigenvalue weighted by Crippen LogP contribution is -2.46. The Bertz CT molecular complexity index is 652. The lowest BCUT2D eigenvalue weighted by molar-refractivity contribution is -0.133. The minimum atomic E-state index is -0.514. The van der Waals surface area contributed by atoms with E-state index >= 15 is 0 Å². The van der Waals surface area contributed by atoms with Crippen molar-refractivity contribution in [3.8, 4) is 0 Å². The number of anilines is 1. The van der Waals surface area contributed by atoms with Crippen molar-refractivity contribution in [2.24, 2.45) is 0 Å². The first-order valence-corrected chi connectivity index (χ1v) is 7.48. The van der Waals surface area contributed by atoms with Gasteiger partial charge in [0.2, 0.25) is 5.82 Å². The van der Waals surface area contributed by atoms with Gasteiger partial charge in [-0.05, 0) is 11.4 Å². The zero-order valence-electron chi connectivity index (χ0n) is 11.9. The number of hydrogen-bond donors (Lipinski definition) is 0. The van der Waals surface area contributed by atoms with Crippen molar-refractivity contribution in [3.05, 3.63) is 17.3 Å². The molecular weight excluding hydrogens is 292 g/mol. The molecule has 0 bridgehead atoms. The number of carbonyl (C=O) groups is 1. The molecule has 8 heteroatoms. The van der Waals surface area contributed by atoms with Crippen molar-refractivity contribution >= 4 is 33.3 Å². The molecule has 21 heavy (non-hydrogen) atoms. The van der Waals surface area contributed by atoms with E-state index in [1.165, 1.54) is 7.11 Å². The summed E-state index contributed by atoms with van der Waals surface area (Å²) in [6, 6.07) is 1.89. The molecule has 1 saturated heterocycles. The molecule has 7 nitrogen and oxygen atoms in total. The monoisotopic (exact) mass is 308 g/mol. The summed E-state index contributed by atoms with van der Waals surface area (Å²) in [7, 11) is 3.01. The van der Waals surface area contributed by atoms with Crippen LogP contribution in [-0.2, 0) is 9.57 Å². The predicted octanol–water partition coefficient (Wildman–Crippen LogP) is 1.16. The Labute approximate surface area is 126 Å². The molecule has 0 atom stereocenters. The average molecular weight is 308 g/mol. The molecule has 3 rings (SSSR count). The molecule has 0 N–H and O–H groups in total. The molecule has 2 aromatic rings. The number of esters is 1. The zero-order valence-corrected chi connectivity index (χ0v) is 12.7. The van der Waals surface area contributed by atoms with Gasteiger partial charge in [-0.3, -0.25) is 0 Å². The maximum atomic E-state index is 11.7. The summed E-state index contributed by atoms with van der Waals surface area (Å²) in [6.45, 7) is 3.17. The fourth-order valence-electron chi connectivity index (χ4n) is 2.33. The van der Waals surface area contributed by atoms with E-state index in [-0.39, 0.29) is 5.82 Å². The summed E-state index contributed by atoms with van der Waals surface area (Å²) in [5.74, 6) is 0.388. The molecule has 0 amide bonds. The van der Waals surface area contributed by atoms with Crippen molar-refractivity contribution in [1.82, 2.24) is 15.0 Å². The van der Waals surface area contributed by atoms with Gasteiger partial charge in [0.1, 0.15) is 0 Å². The Morgan fingerprint density at radius 2 is 2.00 bits per heavy atom. The van der Waals surface area contributed by atoms with Crippen LogP contribution in [0.4, 0.5) is 5.82 Å². The zero-order chi connectivity index (χ0) is 14.8. The highest BCUT2D eigenvalue weighted by molar-refractivity contribution is 7.17. The van der Waals surface area contributed by atoms with Gasteiger partial charge in [0.25, 0.3) is 0 Å². The first kappa shape index (κ1) is 14.2. The van der Waals surface area contributed by atoms with Crippen LogP contribution in [0, 0.1) is 0 Å². The van der Waals surface area contributed by atoms with Crippen molar-refractivity contribution in [2.45, 2.75) is 0 Å². The van der Waals surface area contributed by atoms with E-state index in [4.69, 9.17) is 9.57 Å². The molecule has 0 unspecified atom stereocenters. The quantitative estimate of drug-likeness (QED) is 0.788. The molecule has 112 valence electrons. The van der Waals surface area contributed by atoms with Crippen molar-refractivity contribution in [2.75, 3.05) is 45.3 Å². The topological polar surface area (TPSA) is 67.8 Å². The molecule has 0 radical (unpaired) electrons. The number of fused-ring (bicyclic) bond motifs is 1. The second-order valence-corrected chi connectivity index (χ2v) is 5.51. The number of thiophene rings is 1. The van der Waals surface area contributed by atoms with E-state index in [1.54, 1.807) is 18.4 Å². The summed E-state index contributed by atoms with van der Waals surface area (Å²) < 4.78 is 5.73. The summed E-state index contributed by atoms with van der Waals surface area (Å²) >= 11 is 1.58. The third-order valence-electron chi connectivity index (χ3n) is 3.45. The fourth-order valence-corrected chi connectivity index (χ4v) is 3.18. The first-order valence-electron chi connectivity index (χ1n) is 6.60. The Balaban J connectivity index is 1.97. The van der Waals surface area contributed by atoms with Crippen LogP contribution in [0.15, 0.2) is 11.4 Å². The number of hydrogen-bond acceptors (Lipinski definition) is 8. The third kappa shape index (κ3) is 2.69. The standard InChI is InChI=1S/C13H16N4O3S/c1-19-13(18)11-14-9-3-8-21-10(9)12(15-11)16-4-6-17(20-2)7-5-16/h3,8H,4-7H2,1-2H3. The van der Waals surface area contributed by atoms with Crippen LogP contribution in [0.1, 0.15) is 10.6 Å². The van der Waals surface area contributed by atoms with Gasteiger partial charge >= 0.3 is 5.97 Å². The van der Waals surface area contributed by atoms with Gasteiger partial charge in [0.05, 0.1) is 24.4 Å². The van der Waals surface area contributed by atoms with Crippen molar-refractivity contribution < 1.29 is 14.4 Å². The van der Waals surface area contributed by atoms with Crippen molar-refractivity contribution in [1.29, 1.82) is 0 Å². The molecular formula is C13H16N4O3S. The summed E-state index contributed by atoms with van der Waals surface area (Å²) in [6.07, 6.45) is 0. The maximum absolute atomic E-state index is 11.7. The van der Waals surface area contributed by atoms with Gasteiger partial charge in [-0.2, -0.15) is 5.06 Å². The number of rotatable bonds is 3. The molecule has 3 heterocycles. The van der Waals surface area contributed by atoms with Crippen LogP contribution in [0.25, 0.3) is 10.2 Å². The highest BCUT2D eigenvalue weighted by atomic mass is 32.1. The molecule has 1 fully saturated rings. The van der Waals surface area contributed by atoms with Gasteiger partial charge in [0.15, 0.2) is 5.82 Å².